The fourth-order valence-electron chi connectivity index (χ4n) is 4.89. The van der Waals surface area contributed by atoms with Crippen molar-refractivity contribution in [3.63, 3.8) is 0 Å². The molecule has 0 unspecified atom stereocenters. The smallest absolute Gasteiger partial charge is 0.305 e. The van der Waals surface area contributed by atoms with Crippen LogP contribution in [0.3, 0.4) is 0 Å². The molecule has 4 atom stereocenters. The number of amides is 2. The predicted molar refractivity (Wildman–Crippen MR) is 140 cm³/mol. The molecule has 1 aromatic carbocycles. The van der Waals surface area contributed by atoms with Gasteiger partial charge >= 0.3 is 5.97 Å². The lowest BCUT2D eigenvalue weighted by atomic mass is 9.91. The predicted octanol–water partition coefficient (Wildman–Crippen LogP) is 3.45. The van der Waals surface area contributed by atoms with Gasteiger partial charge in [-0.05, 0) is 30.9 Å². The van der Waals surface area contributed by atoms with E-state index in [1.54, 1.807) is 30.6 Å². The first kappa shape index (κ1) is 27.5. The van der Waals surface area contributed by atoms with Crippen LogP contribution in [0.15, 0.2) is 40.4 Å². The van der Waals surface area contributed by atoms with E-state index in [0.29, 0.717) is 17.0 Å². The van der Waals surface area contributed by atoms with Crippen molar-refractivity contribution in [1.29, 1.82) is 0 Å². The van der Waals surface area contributed by atoms with Crippen molar-refractivity contribution >= 4 is 29.1 Å². The van der Waals surface area contributed by atoms with Crippen LogP contribution in [-0.2, 0) is 14.4 Å². The molecule has 0 spiro atoms. The fraction of sp³-hybridized carbons (Fsp3) is 0.444. The molecule has 10 nitrogen and oxygen atoms in total. The van der Waals surface area contributed by atoms with Crippen LogP contribution in [0, 0.1) is 19.8 Å². The van der Waals surface area contributed by atoms with Crippen LogP contribution in [0.5, 0.6) is 0 Å². The number of benzene rings is 1. The summed E-state index contributed by atoms with van der Waals surface area (Å²) in [6.45, 7) is 7.44. The largest absolute Gasteiger partial charge is 0.481 e. The van der Waals surface area contributed by atoms with Gasteiger partial charge in [0.15, 0.2) is 0 Å². The average Bonchev–Trinajstić information content (AvgIpc) is 3.58. The van der Waals surface area contributed by atoms with E-state index in [9.17, 15) is 24.6 Å². The molecule has 1 aliphatic rings. The third kappa shape index (κ3) is 5.94. The van der Waals surface area contributed by atoms with E-state index >= 15 is 0 Å². The molecular weight excluding hydrogens is 508 g/mol. The highest BCUT2D eigenvalue weighted by atomic mass is 32.1. The molecule has 3 heterocycles. The zero-order valence-electron chi connectivity index (χ0n) is 21.7. The molecule has 0 aliphatic carbocycles. The number of nitrogens with zero attached hydrogens (tertiary/aromatic N) is 3. The number of thiazole rings is 1. The maximum absolute atomic E-state index is 13.6. The fourth-order valence-corrected chi connectivity index (χ4v) is 5.70. The lowest BCUT2D eigenvalue weighted by Crippen LogP contribution is -2.49. The Hall–Kier alpha value is -3.57. The third-order valence-electron chi connectivity index (χ3n) is 6.77. The lowest BCUT2D eigenvalue weighted by molar-refractivity contribution is -0.142. The number of hydrogen-bond acceptors (Lipinski definition) is 8. The maximum Gasteiger partial charge on any atom is 0.305 e. The van der Waals surface area contributed by atoms with E-state index in [-0.39, 0.29) is 31.2 Å². The molecule has 2 aromatic heterocycles. The Kier molecular flexibility index (Phi) is 8.27. The van der Waals surface area contributed by atoms with Crippen LogP contribution in [0.25, 0.3) is 10.4 Å². The second kappa shape index (κ2) is 11.4. The van der Waals surface area contributed by atoms with Crippen molar-refractivity contribution in [3.8, 4) is 10.4 Å². The normalized spacial score (nSPS) is 18.9. The number of β-amino-alcohol motifs (C(OH)–C–C–N with tert-alkyl or cyclic N) is 1. The van der Waals surface area contributed by atoms with Gasteiger partial charge in [0, 0.05) is 19.0 Å². The summed E-state index contributed by atoms with van der Waals surface area (Å²) in [5.41, 5.74) is 4.89. The van der Waals surface area contributed by atoms with Gasteiger partial charge < -0.3 is 25.0 Å². The van der Waals surface area contributed by atoms with Crippen LogP contribution in [0.4, 0.5) is 0 Å². The first-order valence-corrected chi connectivity index (χ1v) is 13.4. The molecule has 4 rings (SSSR count). The Labute approximate surface area is 224 Å². The zero-order valence-corrected chi connectivity index (χ0v) is 22.6. The van der Waals surface area contributed by atoms with E-state index in [4.69, 9.17) is 4.52 Å². The van der Waals surface area contributed by atoms with Gasteiger partial charge in [-0.1, -0.05) is 43.3 Å². The van der Waals surface area contributed by atoms with Crippen LogP contribution >= 0.6 is 11.3 Å². The number of carbonyl (C=O) groups excluding carboxylic acids is 2. The second-order valence-electron chi connectivity index (χ2n) is 10.0. The van der Waals surface area contributed by atoms with E-state index in [1.807, 2.05) is 32.9 Å². The number of likely N-dealkylation sites (tertiary alicyclic amines) is 1. The van der Waals surface area contributed by atoms with E-state index in [1.165, 1.54) is 16.2 Å². The average molecular weight is 541 g/mol. The molecule has 1 fully saturated rings. The molecule has 1 aliphatic heterocycles. The van der Waals surface area contributed by atoms with E-state index in [2.05, 4.69) is 15.5 Å². The summed E-state index contributed by atoms with van der Waals surface area (Å²) in [4.78, 5) is 45.4. The number of carbonyl (C=O) groups is 3. The minimum atomic E-state index is -1.07. The number of aliphatic hydroxyl groups is 1. The molecule has 3 N–H and O–H groups in total. The van der Waals surface area contributed by atoms with Gasteiger partial charge in [0.2, 0.25) is 11.8 Å². The Morgan fingerprint density at radius 1 is 1.21 bits per heavy atom. The van der Waals surface area contributed by atoms with Crippen molar-refractivity contribution in [2.45, 2.75) is 64.6 Å². The quantitative estimate of drug-likeness (QED) is 0.374. The monoisotopic (exact) mass is 540 g/mol. The summed E-state index contributed by atoms with van der Waals surface area (Å²) in [6.07, 6.45) is -1.15. The van der Waals surface area contributed by atoms with Crippen molar-refractivity contribution < 1.29 is 29.1 Å². The van der Waals surface area contributed by atoms with Crippen LogP contribution in [0.1, 0.15) is 61.4 Å². The topological polar surface area (TPSA) is 146 Å². The number of rotatable bonds is 9. The SMILES string of the molecule is Cc1cc([C@@H](C(=O)N2C[C@H](O)C[C@H]2C(=O)N[C@@H](CC(=O)O)c2ccc(-c3scnc3C)cc2)C(C)C)on1. The Morgan fingerprint density at radius 2 is 1.92 bits per heavy atom. The first-order chi connectivity index (χ1) is 18.0. The molecular formula is C27H32N4O6S. The summed E-state index contributed by atoms with van der Waals surface area (Å²) in [5.74, 6) is -2.33. The molecule has 0 radical (unpaired) electrons. The third-order valence-corrected chi connectivity index (χ3v) is 7.74. The number of carboxylic acids is 1. The lowest BCUT2D eigenvalue weighted by Gasteiger charge is -2.30. The van der Waals surface area contributed by atoms with Gasteiger partial charge in [0.05, 0.1) is 40.3 Å². The van der Waals surface area contributed by atoms with Gasteiger partial charge in [-0.15, -0.1) is 11.3 Å². The van der Waals surface area contributed by atoms with Crippen LogP contribution in [0.2, 0.25) is 0 Å². The highest BCUT2D eigenvalue weighted by Gasteiger charge is 2.43. The molecule has 2 amide bonds. The molecule has 38 heavy (non-hydrogen) atoms. The summed E-state index contributed by atoms with van der Waals surface area (Å²) >= 11 is 1.52. The number of nitrogens with one attached hydrogen (secondary N) is 1. The van der Waals surface area contributed by atoms with Crippen molar-refractivity contribution in [2.24, 2.45) is 5.92 Å². The standard InChI is InChI=1S/C27H32N4O6S/c1-14(2)24(22-9-15(3)30-37-22)27(36)31-12-19(32)10-21(31)26(35)29-20(11-23(33)34)17-5-7-18(8-6-17)25-16(4)28-13-38-25/h5-9,13-14,19-21,24,32H,10-12H2,1-4H3,(H,29,35)(H,33,34)/t19-,20+,21+,24+/m1/s1. The first-order valence-electron chi connectivity index (χ1n) is 12.5. The molecule has 11 heteroatoms. The Balaban J connectivity index is 1.55. The van der Waals surface area contributed by atoms with Crippen LogP contribution in [-0.4, -0.2) is 61.7 Å². The van der Waals surface area contributed by atoms with Gasteiger partial charge in [0.1, 0.15) is 17.7 Å². The summed E-state index contributed by atoms with van der Waals surface area (Å²) in [5, 5.41) is 26.6. The summed E-state index contributed by atoms with van der Waals surface area (Å²) < 4.78 is 5.37. The minimum absolute atomic E-state index is 0.000244. The molecule has 0 bridgehead atoms. The molecule has 1 saturated heterocycles. The van der Waals surface area contributed by atoms with Crippen molar-refractivity contribution in [3.05, 3.63) is 58.6 Å². The van der Waals surface area contributed by atoms with E-state index < -0.39 is 36.0 Å². The number of aliphatic hydroxyl groups excluding tert-OH is 1. The van der Waals surface area contributed by atoms with Gasteiger partial charge in [-0.25, -0.2) is 4.98 Å². The maximum atomic E-state index is 13.6. The Bertz CT molecular complexity index is 1300. The van der Waals surface area contributed by atoms with Gasteiger partial charge in [0.25, 0.3) is 0 Å². The highest BCUT2D eigenvalue weighted by molar-refractivity contribution is 7.13. The van der Waals surface area contributed by atoms with Gasteiger partial charge in [-0.3, -0.25) is 14.4 Å². The number of aliphatic carboxylic acids is 1. The molecule has 202 valence electrons. The van der Waals surface area contributed by atoms with Gasteiger partial charge in [-0.2, -0.15) is 0 Å². The number of aryl methyl sites for hydroxylation is 2. The number of hydrogen-bond donors (Lipinski definition) is 3. The molecule has 0 saturated carbocycles. The summed E-state index contributed by atoms with van der Waals surface area (Å²) in [6, 6.07) is 7.26. The summed E-state index contributed by atoms with van der Waals surface area (Å²) in [7, 11) is 0. The van der Waals surface area contributed by atoms with Crippen molar-refractivity contribution in [1.82, 2.24) is 20.4 Å². The number of aromatic nitrogens is 2. The van der Waals surface area contributed by atoms with Crippen molar-refractivity contribution in [2.75, 3.05) is 6.54 Å². The molecule has 3 aromatic rings. The highest BCUT2D eigenvalue weighted by Crippen LogP contribution is 2.32. The van der Waals surface area contributed by atoms with E-state index in [0.717, 1.165) is 16.1 Å². The Morgan fingerprint density at radius 3 is 2.47 bits per heavy atom. The second-order valence-corrected chi connectivity index (χ2v) is 10.9. The zero-order chi connectivity index (χ0) is 27.6. The number of carboxylic acid groups (broad SMARTS) is 1. The van der Waals surface area contributed by atoms with Crippen LogP contribution < -0.4 is 5.32 Å². The minimum Gasteiger partial charge on any atom is -0.481 e.